The van der Waals surface area contributed by atoms with E-state index < -0.39 is 0 Å². The molecule has 7 aromatic rings. The molecule has 0 unspecified atom stereocenters. The lowest BCUT2D eigenvalue weighted by atomic mass is 9.75. The maximum Gasteiger partial charge on any atom is -0.00354 e. The smallest absolute Gasteiger partial charge is 0.00354 e. The van der Waals surface area contributed by atoms with Crippen molar-refractivity contribution in [3.63, 3.8) is 0 Å². The van der Waals surface area contributed by atoms with E-state index in [4.69, 9.17) is 0 Å². The molecule has 57 heavy (non-hydrogen) atoms. The van der Waals surface area contributed by atoms with Crippen molar-refractivity contribution in [1.82, 2.24) is 0 Å². The molecule has 0 bridgehead atoms. The van der Waals surface area contributed by atoms with Crippen LogP contribution in [-0.2, 0) is 10.8 Å². The first kappa shape index (κ1) is 36.4. The summed E-state index contributed by atoms with van der Waals surface area (Å²) in [5.74, 6) is 0. The van der Waals surface area contributed by atoms with Gasteiger partial charge < -0.3 is 0 Å². The minimum absolute atomic E-state index is 0.0507. The first-order valence-corrected chi connectivity index (χ1v) is 20.4. The van der Waals surface area contributed by atoms with Crippen molar-refractivity contribution in [3.8, 4) is 33.4 Å². The van der Waals surface area contributed by atoms with Gasteiger partial charge in [0.1, 0.15) is 0 Å². The molecule has 0 nitrogen and oxygen atoms in total. The summed E-state index contributed by atoms with van der Waals surface area (Å²) in [6.45, 7) is 14.2. The number of allylic oxidation sites excluding steroid dienone is 4. The van der Waals surface area contributed by atoms with Crippen molar-refractivity contribution in [2.75, 3.05) is 0 Å². The van der Waals surface area contributed by atoms with Gasteiger partial charge >= 0.3 is 0 Å². The zero-order valence-electron chi connectivity index (χ0n) is 34.0. The topological polar surface area (TPSA) is 0 Å². The molecule has 0 heterocycles. The Labute approximate surface area is 338 Å². The predicted octanol–water partition coefficient (Wildman–Crippen LogP) is 13.5. The maximum atomic E-state index is 2.53. The molecule has 0 atom stereocenters. The molecule has 0 aromatic heterocycles. The highest BCUT2D eigenvalue weighted by atomic mass is 14.3. The van der Waals surface area contributed by atoms with E-state index in [-0.39, 0.29) is 10.8 Å². The first-order valence-electron chi connectivity index (χ1n) is 20.4. The summed E-state index contributed by atoms with van der Waals surface area (Å²) < 4.78 is 0. The van der Waals surface area contributed by atoms with E-state index in [2.05, 4.69) is 224 Å². The van der Waals surface area contributed by atoms with E-state index in [9.17, 15) is 0 Å². The Kier molecular flexibility index (Phi) is 9.17. The second kappa shape index (κ2) is 14.4. The zero-order valence-corrected chi connectivity index (χ0v) is 34.0. The SMILES string of the molecule is CC(C)(C)c1ccc2c(c1)C=c1c-2cc(=C(c2ccccc2)c2ccccc2)c(C(C)(C)C)c1C1=C(c2cc(-c3ccccc3)cc(-c3ccccc3)c2)C=CC1. The van der Waals surface area contributed by atoms with Crippen LogP contribution >= 0.6 is 0 Å². The summed E-state index contributed by atoms with van der Waals surface area (Å²) in [6, 6.07) is 60.6. The van der Waals surface area contributed by atoms with Crippen LogP contribution in [0.3, 0.4) is 0 Å². The number of rotatable bonds is 6. The van der Waals surface area contributed by atoms with Crippen LogP contribution in [0, 0.1) is 0 Å². The number of fused-ring (bicyclic) bond motifs is 3. The highest BCUT2D eigenvalue weighted by Crippen LogP contribution is 2.43. The fraction of sp³-hybridized carbons (Fsp3) is 0.158. The standard InChI is InChI=1S/C57H50/c1-56(2,3)46-30-31-48-45(35-46)36-51-50(48)37-52(53(40-24-15-9-16-25-40)41-26-17-10-18-27-41)55(57(4,5)6)54(51)49-29-19-28-47(49)44-33-42(38-20-11-7-12-21-38)32-43(34-44)39-22-13-8-14-23-39/h7-28,30-37H,29H2,1-6H3. The molecule has 0 saturated carbocycles. The van der Waals surface area contributed by atoms with E-state index in [0.29, 0.717) is 0 Å². The monoisotopic (exact) mass is 734 g/mol. The van der Waals surface area contributed by atoms with Crippen molar-refractivity contribution in [3.05, 3.63) is 225 Å². The van der Waals surface area contributed by atoms with Crippen LogP contribution < -0.4 is 10.4 Å². The molecule has 0 radical (unpaired) electrons. The maximum absolute atomic E-state index is 2.53. The lowest BCUT2D eigenvalue weighted by molar-refractivity contribution is 0.583. The van der Waals surface area contributed by atoms with Gasteiger partial charge in [-0.05, 0) is 147 Å². The van der Waals surface area contributed by atoms with Crippen molar-refractivity contribution < 1.29 is 0 Å². The van der Waals surface area contributed by atoms with Crippen LogP contribution in [0.15, 0.2) is 176 Å². The molecule has 278 valence electrons. The average molecular weight is 735 g/mol. The molecule has 0 N–H and O–H groups in total. The molecule has 0 amide bonds. The van der Waals surface area contributed by atoms with Gasteiger partial charge in [-0.2, -0.15) is 0 Å². The Balaban J connectivity index is 1.43. The minimum atomic E-state index is -0.185. The molecule has 0 aliphatic heterocycles. The van der Waals surface area contributed by atoms with Crippen LogP contribution in [0.1, 0.15) is 86.9 Å². The van der Waals surface area contributed by atoms with Crippen molar-refractivity contribution in [2.45, 2.75) is 58.8 Å². The summed E-state index contributed by atoms with van der Waals surface area (Å²) >= 11 is 0. The molecule has 2 aliphatic rings. The Morgan fingerprint density at radius 1 is 0.474 bits per heavy atom. The third-order valence-electron chi connectivity index (χ3n) is 11.7. The highest BCUT2D eigenvalue weighted by molar-refractivity contribution is 6.03. The first-order chi connectivity index (χ1) is 27.5. The summed E-state index contributed by atoms with van der Waals surface area (Å²) in [7, 11) is 0. The van der Waals surface area contributed by atoms with Gasteiger partial charge in [0.15, 0.2) is 0 Å². The molecule has 0 fully saturated rings. The third-order valence-corrected chi connectivity index (χ3v) is 11.7. The van der Waals surface area contributed by atoms with Crippen molar-refractivity contribution >= 4 is 22.8 Å². The number of hydrogen-bond acceptors (Lipinski definition) is 0. The van der Waals surface area contributed by atoms with Gasteiger partial charge in [-0.3, -0.25) is 0 Å². The quantitative estimate of drug-likeness (QED) is 0.160. The molecule has 0 saturated heterocycles. The fourth-order valence-corrected chi connectivity index (χ4v) is 8.99. The normalized spacial score (nSPS) is 13.4. The second-order valence-electron chi connectivity index (χ2n) is 17.7. The van der Waals surface area contributed by atoms with E-state index in [1.165, 1.54) is 99.5 Å². The third kappa shape index (κ3) is 6.85. The molecule has 0 heteroatoms. The summed E-state index contributed by atoms with van der Waals surface area (Å²) in [6.07, 6.45) is 8.14. The van der Waals surface area contributed by atoms with Gasteiger partial charge in [0.05, 0.1) is 0 Å². The summed E-state index contributed by atoms with van der Waals surface area (Å²) in [5.41, 5.74) is 20.5. The van der Waals surface area contributed by atoms with Crippen molar-refractivity contribution in [2.24, 2.45) is 0 Å². The van der Waals surface area contributed by atoms with Crippen LogP contribution in [0.5, 0.6) is 0 Å². The Bertz CT molecular complexity index is 2720. The molecular formula is C57H50. The predicted molar refractivity (Wildman–Crippen MR) is 244 cm³/mol. The summed E-state index contributed by atoms with van der Waals surface area (Å²) in [5, 5.41) is 2.64. The van der Waals surface area contributed by atoms with Gasteiger partial charge in [0.25, 0.3) is 0 Å². The minimum Gasteiger partial charge on any atom is -0.0795 e. The lowest BCUT2D eigenvalue weighted by Crippen LogP contribution is -2.32. The van der Waals surface area contributed by atoms with Crippen LogP contribution in [0.4, 0.5) is 0 Å². The van der Waals surface area contributed by atoms with E-state index in [1.54, 1.807) is 0 Å². The van der Waals surface area contributed by atoms with E-state index in [1.807, 2.05) is 0 Å². The fourth-order valence-electron chi connectivity index (χ4n) is 8.99. The largest absolute Gasteiger partial charge is 0.0795 e. The van der Waals surface area contributed by atoms with Crippen LogP contribution in [0.25, 0.3) is 56.2 Å². The second-order valence-corrected chi connectivity index (χ2v) is 17.7. The summed E-state index contributed by atoms with van der Waals surface area (Å²) in [4.78, 5) is 0. The van der Waals surface area contributed by atoms with E-state index >= 15 is 0 Å². The van der Waals surface area contributed by atoms with Gasteiger partial charge in [0, 0.05) is 0 Å². The van der Waals surface area contributed by atoms with E-state index in [0.717, 1.165) is 6.42 Å². The zero-order chi connectivity index (χ0) is 39.3. The molecule has 7 aromatic carbocycles. The van der Waals surface area contributed by atoms with Crippen LogP contribution in [-0.4, -0.2) is 0 Å². The van der Waals surface area contributed by atoms with Gasteiger partial charge in [-0.1, -0.05) is 193 Å². The number of benzene rings is 7. The Morgan fingerprint density at radius 3 is 1.53 bits per heavy atom. The van der Waals surface area contributed by atoms with Crippen LogP contribution in [0.2, 0.25) is 0 Å². The Morgan fingerprint density at radius 2 is 1.00 bits per heavy atom. The average Bonchev–Trinajstić information content (AvgIpc) is 3.86. The molecular weight excluding hydrogens is 685 g/mol. The lowest BCUT2D eigenvalue weighted by Gasteiger charge is -2.28. The Hall–Kier alpha value is -6.24. The molecule has 9 rings (SSSR count). The number of hydrogen-bond donors (Lipinski definition) is 0. The van der Waals surface area contributed by atoms with Gasteiger partial charge in [-0.15, -0.1) is 0 Å². The molecule has 0 spiro atoms. The van der Waals surface area contributed by atoms with Gasteiger partial charge in [0.2, 0.25) is 0 Å². The van der Waals surface area contributed by atoms with Gasteiger partial charge in [-0.25, -0.2) is 0 Å². The molecule has 2 aliphatic carbocycles. The van der Waals surface area contributed by atoms with Crippen molar-refractivity contribution in [1.29, 1.82) is 0 Å². The highest BCUT2D eigenvalue weighted by Gasteiger charge is 2.30.